The minimum atomic E-state index is 0. The Balaban J connectivity index is -0.000000173. The molecule has 8 heteroatoms. The molecule has 0 bridgehead atoms. The second kappa shape index (κ2) is 18.0. The molecule has 0 atom stereocenters. The topological polar surface area (TPSA) is 59.4 Å². The maximum atomic E-state index is 4.39. The van der Waals surface area contributed by atoms with Crippen LogP contribution in [0.2, 0.25) is 0 Å². The van der Waals surface area contributed by atoms with Gasteiger partial charge in [0.1, 0.15) is 0 Å². The first-order valence-corrected chi connectivity index (χ1v) is 8.78. The van der Waals surface area contributed by atoms with Crippen molar-refractivity contribution in [3.63, 3.8) is 0 Å². The zero-order chi connectivity index (χ0) is 19.4. The molecule has 0 heterocycles. The molecule has 0 aromatic carbocycles. The van der Waals surface area contributed by atoms with Gasteiger partial charge in [-0.1, -0.05) is 55.4 Å². The van der Waals surface area contributed by atoms with Crippen molar-refractivity contribution in [1.82, 2.24) is 9.80 Å². The van der Waals surface area contributed by atoms with Crippen LogP contribution in [-0.2, 0) is 34.1 Å². The largest absolute Gasteiger partial charge is 1.00 e. The number of nitrogens with zero attached hydrogens (tertiary/aromatic N) is 6. The zero-order valence-electron chi connectivity index (χ0n) is 18.6. The van der Waals surface area contributed by atoms with Gasteiger partial charge in [-0.2, -0.15) is 0 Å². The average Bonchev–Trinajstić information content (AvgIpc) is 2.35. The Morgan fingerprint density at radius 2 is 0.808 bits per heavy atom. The molecule has 0 saturated heterocycles. The molecule has 0 aliphatic rings. The summed E-state index contributed by atoms with van der Waals surface area (Å²) in [5.74, 6) is 1.67. The predicted octanol–water partition coefficient (Wildman–Crippen LogP) is 4.18. The first-order valence-electron chi connectivity index (χ1n) is 8.78. The van der Waals surface area contributed by atoms with Crippen LogP contribution in [-0.4, -0.2) is 74.1 Å². The monoisotopic (exact) mass is 466 g/mol. The summed E-state index contributed by atoms with van der Waals surface area (Å²) in [5.41, 5.74) is 0. The van der Waals surface area contributed by atoms with E-state index in [9.17, 15) is 0 Å². The Bertz CT molecular complexity index is 342. The van der Waals surface area contributed by atoms with Gasteiger partial charge in [-0.05, 0) is 52.4 Å². The van der Waals surface area contributed by atoms with Crippen molar-refractivity contribution >= 4 is 11.9 Å². The van der Waals surface area contributed by atoms with Gasteiger partial charge in [-0.3, -0.25) is 0 Å². The maximum absolute atomic E-state index is 4.39. The van der Waals surface area contributed by atoms with Gasteiger partial charge in [0, 0.05) is 11.9 Å². The first-order chi connectivity index (χ1) is 10.9. The molecule has 6 nitrogen and oxygen atoms in total. The van der Waals surface area contributed by atoms with Crippen LogP contribution in [0.25, 0.3) is 10.6 Å². The van der Waals surface area contributed by atoms with E-state index < -0.39 is 0 Å². The van der Waals surface area contributed by atoms with E-state index >= 15 is 0 Å². The molecule has 26 heavy (non-hydrogen) atoms. The molecular weight excluding hydrogens is 427 g/mol. The van der Waals surface area contributed by atoms with Crippen molar-refractivity contribution in [3.05, 3.63) is 10.6 Å². The maximum Gasteiger partial charge on any atom is 1.00 e. The predicted molar refractivity (Wildman–Crippen MR) is 110 cm³/mol. The molecule has 0 amide bonds. The molecule has 0 aliphatic carbocycles. The Morgan fingerprint density at radius 1 is 0.577 bits per heavy atom. The van der Waals surface area contributed by atoms with Gasteiger partial charge in [-0.15, -0.1) is 0 Å². The van der Waals surface area contributed by atoms with Crippen molar-refractivity contribution in [3.8, 4) is 0 Å². The van der Waals surface area contributed by atoms with Crippen LogP contribution in [0.4, 0.5) is 0 Å². The van der Waals surface area contributed by atoms with Crippen molar-refractivity contribution in [2.75, 3.05) is 28.2 Å². The summed E-state index contributed by atoms with van der Waals surface area (Å²) in [7, 11) is 7.86. The van der Waals surface area contributed by atoms with Crippen molar-refractivity contribution < 1.29 is 34.1 Å². The van der Waals surface area contributed by atoms with Gasteiger partial charge < -0.3 is 30.4 Å². The quantitative estimate of drug-likeness (QED) is 0.354. The van der Waals surface area contributed by atoms with E-state index in [2.05, 4.69) is 76.0 Å². The van der Waals surface area contributed by atoms with Crippen LogP contribution in [0.3, 0.4) is 0 Å². The Morgan fingerprint density at radius 3 is 0.923 bits per heavy atom. The summed E-state index contributed by atoms with van der Waals surface area (Å²) in [4.78, 5) is 12.7. The fraction of sp³-hybridized carbons (Fsp3) is 0.889. The van der Waals surface area contributed by atoms with Gasteiger partial charge in [-0.25, -0.2) is 0 Å². The molecular formula is C18H40Cu2N6. The van der Waals surface area contributed by atoms with Gasteiger partial charge >= 0.3 is 34.1 Å². The molecule has 0 rings (SSSR count). The third-order valence-electron chi connectivity index (χ3n) is 2.29. The minimum Gasteiger partial charge on any atom is -0.432 e. The van der Waals surface area contributed by atoms with Gasteiger partial charge in [0.25, 0.3) is 0 Å². The van der Waals surface area contributed by atoms with Crippen molar-refractivity contribution in [2.45, 2.75) is 79.6 Å². The number of hydrogen-bond acceptors (Lipinski definition) is 2. The second-order valence-corrected chi connectivity index (χ2v) is 7.28. The van der Waals surface area contributed by atoms with E-state index in [0.29, 0.717) is 24.2 Å². The number of rotatable bonds is 4. The van der Waals surface area contributed by atoms with E-state index in [1.54, 1.807) is 0 Å². The molecule has 0 aromatic rings. The summed E-state index contributed by atoms with van der Waals surface area (Å²) >= 11 is 0. The van der Waals surface area contributed by atoms with Gasteiger partial charge in [0.05, 0.1) is 0 Å². The van der Waals surface area contributed by atoms with Gasteiger partial charge in [0.15, 0.2) is 0 Å². The summed E-state index contributed by atoms with van der Waals surface area (Å²) in [5, 5.41) is 8.78. The van der Waals surface area contributed by atoms with E-state index in [0.717, 1.165) is 11.9 Å². The first kappa shape index (κ1) is 33.2. The standard InChI is InChI=1S/2C9H20N3.2Cu/c2*1-7(2)10-9(12(5)6)11-8(3)4;;/h2*7-8H,1-6H3;;/q2*-1;2*+1. The van der Waals surface area contributed by atoms with E-state index in [1.807, 2.05) is 38.0 Å². The average molecular weight is 468 g/mol. The molecule has 0 aromatic heterocycles. The van der Waals surface area contributed by atoms with Crippen LogP contribution in [0.5, 0.6) is 0 Å². The zero-order valence-corrected chi connectivity index (χ0v) is 20.5. The van der Waals surface area contributed by atoms with Crippen LogP contribution in [0.15, 0.2) is 9.98 Å². The van der Waals surface area contributed by atoms with Crippen LogP contribution < -0.4 is 0 Å². The molecule has 0 unspecified atom stereocenters. The number of guanidine groups is 2. The Kier molecular flexibility index (Phi) is 22.9. The molecule has 0 fully saturated rings. The molecule has 0 saturated carbocycles. The van der Waals surface area contributed by atoms with Crippen LogP contribution in [0, 0.1) is 0 Å². The fourth-order valence-corrected chi connectivity index (χ4v) is 1.45. The molecule has 0 N–H and O–H groups in total. The fourth-order valence-electron chi connectivity index (χ4n) is 1.45. The summed E-state index contributed by atoms with van der Waals surface area (Å²) in [6.07, 6.45) is 0. The summed E-state index contributed by atoms with van der Waals surface area (Å²) in [6.45, 7) is 16.4. The Labute approximate surface area is 184 Å². The third-order valence-corrected chi connectivity index (χ3v) is 2.29. The SMILES string of the molecule is CC(C)N=C([N-]C(C)C)N(C)C.CC(C)N=C([N-]C(C)C)N(C)C.[Cu+].[Cu+]. The normalized spacial score (nSPS) is 11.5. The van der Waals surface area contributed by atoms with E-state index in [4.69, 9.17) is 0 Å². The van der Waals surface area contributed by atoms with Gasteiger partial charge in [0.2, 0.25) is 0 Å². The summed E-state index contributed by atoms with van der Waals surface area (Å²) < 4.78 is 0. The molecule has 0 radical (unpaired) electrons. The third kappa shape index (κ3) is 21.6. The Hall–Kier alpha value is -0.421. The minimum absolute atomic E-state index is 0. The van der Waals surface area contributed by atoms with Crippen molar-refractivity contribution in [2.24, 2.45) is 9.98 Å². The summed E-state index contributed by atoms with van der Waals surface area (Å²) in [6, 6.07) is 1.24. The smallest absolute Gasteiger partial charge is 0.432 e. The van der Waals surface area contributed by atoms with E-state index in [-0.39, 0.29) is 34.1 Å². The molecule has 0 spiro atoms. The van der Waals surface area contributed by atoms with Crippen LogP contribution >= 0.6 is 0 Å². The number of aliphatic imine (C=N–C) groups is 2. The second-order valence-electron chi connectivity index (χ2n) is 7.28. The molecule has 0 aliphatic heterocycles. The molecule has 164 valence electrons. The van der Waals surface area contributed by atoms with Crippen molar-refractivity contribution in [1.29, 1.82) is 0 Å². The van der Waals surface area contributed by atoms with Crippen LogP contribution in [0.1, 0.15) is 55.4 Å². The number of hydrogen-bond donors (Lipinski definition) is 0. The van der Waals surface area contributed by atoms with E-state index in [1.165, 1.54) is 0 Å².